The van der Waals surface area contributed by atoms with Gasteiger partial charge in [-0.2, -0.15) is 0 Å². The number of rotatable bonds is 10. The predicted octanol–water partition coefficient (Wildman–Crippen LogP) is 4.12. The fourth-order valence-electron chi connectivity index (χ4n) is 3.27. The van der Waals surface area contributed by atoms with Gasteiger partial charge >= 0.3 is 0 Å². The van der Waals surface area contributed by atoms with Gasteiger partial charge in [-0.05, 0) is 62.2 Å². The number of nitrogens with one attached hydrogen (secondary N) is 2. The lowest BCUT2D eigenvalue weighted by Gasteiger charge is -2.15. The van der Waals surface area contributed by atoms with Crippen molar-refractivity contribution in [2.24, 2.45) is 0 Å². The quantitative estimate of drug-likeness (QED) is 0.279. The van der Waals surface area contributed by atoms with Gasteiger partial charge in [0, 0.05) is 5.02 Å². The largest absolute Gasteiger partial charge is 0.484 e. The standard InChI is InChI=1S/C24H24ClN7O3S2/c1-14-5-4-6-19(15(14)2)32-20(11-26-21(33)12-35-18-9-7-17(25)8-10-18)29-31-24(32)36-13-22(34)27-23-30-28-16(3)37-23/h4-10H,11-13H2,1-3H3,(H,26,33)(H,27,30,34). The van der Waals surface area contributed by atoms with E-state index in [1.54, 1.807) is 24.3 Å². The number of amides is 2. The zero-order valence-corrected chi connectivity index (χ0v) is 22.7. The summed E-state index contributed by atoms with van der Waals surface area (Å²) < 4.78 is 7.37. The number of nitrogens with zero attached hydrogens (tertiary/aromatic N) is 5. The SMILES string of the molecule is Cc1nnc(NC(=O)CSc2nnc(CNC(=O)COc3ccc(Cl)cc3)n2-c2cccc(C)c2C)s1. The number of ether oxygens (including phenoxy) is 1. The maximum atomic E-state index is 12.5. The van der Waals surface area contributed by atoms with Crippen LogP contribution in [0.2, 0.25) is 5.02 Å². The van der Waals surface area contributed by atoms with Gasteiger partial charge in [0.05, 0.1) is 18.0 Å². The monoisotopic (exact) mass is 557 g/mol. The van der Waals surface area contributed by atoms with Crippen LogP contribution in [0.5, 0.6) is 5.75 Å². The van der Waals surface area contributed by atoms with Gasteiger partial charge in [0.1, 0.15) is 10.8 Å². The van der Waals surface area contributed by atoms with Crippen LogP contribution in [0.1, 0.15) is 22.0 Å². The van der Waals surface area contributed by atoms with Crippen molar-refractivity contribution in [3.8, 4) is 11.4 Å². The Morgan fingerprint density at radius 2 is 1.81 bits per heavy atom. The molecule has 10 nitrogen and oxygen atoms in total. The number of anilines is 1. The van der Waals surface area contributed by atoms with E-state index in [2.05, 4.69) is 31.0 Å². The van der Waals surface area contributed by atoms with E-state index in [0.29, 0.717) is 26.9 Å². The zero-order valence-electron chi connectivity index (χ0n) is 20.3. The summed E-state index contributed by atoms with van der Waals surface area (Å²) in [4.78, 5) is 24.9. The fourth-order valence-corrected chi connectivity index (χ4v) is 4.77. The molecule has 0 aliphatic rings. The molecule has 0 bridgehead atoms. The first kappa shape index (κ1) is 26.6. The minimum Gasteiger partial charge on any atom is -0.484 e. The molecule has 0 spiro atoms. The van der Waals surface area contributed by atoms with Crippen molar-refractivity contribution < 1.29 is 14.3 Å². The lowest BCUT2D eigenvalue weighted by Crippen LogP contribution is -2.29. The van der Waals surface area contributed by atoms with Crippen LogP contribution >= 0.6 is 34.7 Å². The number of carbonyl (C=O) groups is 2. The highest BCUT2D eigenvalue weighted by atomic mass is 35.5. The van der Waals surface area contributed by atoms with Crippen molar-refractivity contribution in [3.63, 3.8) is 0 Å². The molecule has 0 unspecified atom stereocenters. The molecular formula is C24H24ClN7O3S2. The van der Waals surface area contributed by atoms with Crippen LogP contribution in [0, 0.1) is 20.8 Å². The molecule has 0 saturated heterocycles. The topological polar surface area (TPSA) is 124 Å². The molecule has 2 aromatic carbocycles. The van der Waals surface area contributed by atoms with E-state index in [1.807, 2.05) is 43.5 Å². The van der Waals surface area contributed by atoms with Crippen molar-refractivity contribution in [1.29, 1.82) is 0 Å². The minimum absolute atomic E-state index is 0.100. The number of carbonyl (C=O) groups excluding carboxylic acids is 2. The third-order valence-electron chi connectivity index (χ3n) is 5.25. The van der Waals surface area contributed by atoms with E-state index >= 15 is 0 Å². The number of halogens is 1. The van der Waals surface area contributed by atoms with Crippen LogP contribution in [0.25, 0.3) is 5.69 Å². The summed E-state index contributed by atoms with van der Waals surface area (Å²) >= 11 is 8.42. The highest BCUT2D eigenvalue weighted by Crippen LogP contribution is 2.26. The van der Waals surface area contributed by atoms with Gasteiger partial charge in [-0.3, -0.25) is 19.5 Å². The summed E-state index contributed by atoms with van der Waals surface area (Å²) in [6, 6.07) is 12.7. The average Bonchev–Trinajstić information content (AvgIpc) is 3.48. The smallest absolute Gasteiger partial charge is 0.258 e. The molecule has 2 amide bonds. The van der Waals surface area contributed by atoms with E-state index in [1.165, 1.54) is 23.1 Å². The molecule has 2 heterocycles. The van der Waals surface area contributed by atoms with Gasteiger partial charge in [0.15, 0.2) is 17.6 Å². The Hall–Kier alpha value is -3.48. The summed E-state index contributed by atoms with van der Waals surface area (Å²) in [6.45, 7) is 5.81. The molecule has 4 rings (SSSR count). The van der Waals surface area contributed by atoms with Crippen LogP contribution in [0.3, 0.4) is 0 Å². The molecule has 13 heteroatoms. The van der Waals surface area contributed by atoms with E-state index in [4.69, 9.17) is 16.3 Å². The second-order valence-electron chi connectivity index (χ2n) is 7.94. The Labute approximate surface area is 226 Å². The molecule has 0 aliphatic carbocycles. The molecule has 192 valence electrons. The van der Waals surface area contributed by atoms with Gasteiger partial charge in [-0.1, -0.05) is 46.8 Å². The Bertz CT molecular complexity index is 1410. The highest BCUT2D eigenvalue weighted by molar-refractivity contribution is 7.99. The number of aryl methyl sites for hydroxylation is 2. The molecule has 0 aliphatic heterocycles. The zero-order chi connectivity index (χ0) is 26.4. The Morgan fingerprint density at radius 1 is 1.03 bits per heavy atom. The molecule has 0 atom stereocenters. The van der Waals surface area contributed by atoms with Crippen LogP contribution in [0.4, 0.5) is 5.13 Å². The molecule has 2 aromatic heterocycles. The molecule has 0 radical (unpaired) electrons. The highest BCUT2D eigenvalue weighted by Gasteiger charge is 2.19. The number of hydrogen-bond donors (Lipinski definition) is 2. The van der Waals surface area contributed by atoms with Crippen molar-refractivity contribution in [1.82, 2.24) is 30.3 Å². The number of thioether (sulfide) groups is 1. The molecular weight excluding hydrogens is 534 g/mol. The van der Waals surface area contributed by atoms with Gasteiger partial charge in [-0.25, -0.2) is 0 Å². The van der Waals surface area contributed by atoms with Gasteiger partial charge in [0.25, 0.3) is 5.91 Å². The number of benzene rings is 2. The van der Waals surface area contributed by atoms with Gasteiger partial charge < -0.3 is 10.1 Å². The average molecular weight is 558 g/mol. The van der Waals surface area contributed by atoms with E-state index in [0.717, 1.165) is 21.8 Å². The Morgan fingerprint density at radius 3 is 2.54 bits per heavy atom. The molecule has 2 N–H and O–H groups in total. The first-order valence-corrected chi connectivity index (χ1v) is 13.4. The third-order valence-corrected chi connectivity index (χ3v) is 7.18. The fraction of sp³-hybridized carbons (Fsp3) is 0.250. The second kappa shape index (κ2) is 12.2. The molecule has 0 saturated carbocycles. The van der Waals surface area contributed by atoms with Crippen molar-refractivity contribution in [2.45, 2.75) is 32.5 Å². The normalized spacial score (nSPS) is 10.8. The van der Waals surface area contributed by atoms with Crippen molar-refractivity contribution >= 4 is 51.6 Å². The Kier molecular flexibility index (Phi) is 8.74. The number of hydrogen-bond acceptors (Lipinski definition) is 9. The summed E-state index contributed by atoms with van der Waals surface area (Å²) in [5, 5.41) is 24.3. The maximum absolute atomic E-state index is 12.5. The second-order valence-corrected chi connectivity index (χ2v) is 10.5. The van der Waals surface area contributed by atoms with E-state index in [9.17, 15) is 9.59 Å². The summed E-state index contributed by atoms with van der Waals surface area (Å²) in [5.74, 6) is 0.621. The first-order valence-electron chi connectivity index (χ1n) is 11.2. The van der Waals surface area contributed by atoms with Crippen molar-refractivity contribution in [3.05, 3.63) is 69.4 Å². The third kappa shape index (κ3) is 7.06. The van der Waals surface area contributed by atoms with Crippen LogP contribution in [-0.4, -0.2) is 49.1 Å². The lowest BCUT2D eigenvalue weighted by atomic mass is 10.1. The van der Waals surface area contributed by atoms with Gasteiger partial charge in [-0.15, -0.1) is 20.4 Å². The number of aromatic nitrogens is 5. The summed E-state index contributed by atoms with van der Waals surface area (Å²) in [7, 11) is 0. The van der Waals surface area contributed by atoms with Gasteiger partial charge in [0.2, 0.25) is 11.0 Å². The summed E-state index contributed by atoms with van der Waals surface area (Å²) in [5.41, 5.74) is 3.00. The van der Waals surface area contributed by atoms with E-state index < -0.39 is 0 Å². The summed E-state index contributed by atoms with van der Waals surface area (Å²) in [6.07, 6.45) is 0. The van der Waals surface area contributed by atoms with Crippen molar-refractivity contribution in [2.75, 3.05) is 17.7 Å². The molecule has 4 aromatic rings. The maximum Gasteiger partial charge on any atom is 0.258 e. The van der Waals surface area contributed by atoms with E-state index in [-0.39, 0.29) is 30.7 Å². The molecule has 37 heavy (non-hydrogen) atoms. The van der Waals surface area contributed by atoms with Crippen LogP contribution in [0.15, 0.2) is 47.6 Å². The predicted molar refractivity (Wildman–Crippen MR) is 144 cm³/mol. The van der Waals surface area contributed by atoms with Crippen LogP contribution in [-0.2, 0) is 16.1 Å². The first-order chi connectivity index (χ1) is 17.8. The molecule has 0 fully saturated rings. The Balaban J connectivity index is 1.45. The lowest BCUT2D eigenvalue weighted by molar-refractivity contribution is -0.123. The minimum atomic E-state index is -0.314. The van der Waals surface area contributed by atoms with Crippen LogP contribution < -0.4 is 15.4 Å².